The molecule has 0 aromatic heterocycles. The van der Waals surface area contributed by atoms with Crippen LogP contribution in [0.25, 0.3) is 0 Å². The van der Waals surface area contributed by atoms with Crippen LogP contribution in [0.1, 0.15) is 31.9 Å². The number of amides is 2. The average Bonchev–Trinajstić information content (AvgIpc) is 2.91. The summed E-state index contributed by atoms with van der Waals surface area (Å²) >= 11 is 0. The third-order valence-electron chi connectivity index (χ3n) is 6.35. The summed E-state index contributed by atoms with van der Waals surface area (Å²) in [6.07, 6.45) is 0.457. The number of anilines is 1. The highest BCUT2D eigenvalue weighted by Gasteiger charge is 2.33. The van der Waals surface area contributed by atoms with E-state index >= 15 is 0 Å². The molecule has 9 heteroatoms. The zero-order valence-electron chi connectivity index (χ0n) is 22.8. The molecule has 2 amide bonds. The van der Waals surface area contributed by atoms with Crippen LogP contribution in [0, 0.1) is 18.7 Å². The Morgan fingerprint density at radius 3 is 2.13 bits per heavy atom. The summed E-state index contributed by atoms with van der Waals surface area (Å²) in [7, 11) is -4.31. The summed E-state index contributed by atoms with van der Waals surface area (Å²) in [5.41, 5.74) is 1.57. The van der Waals surface area contributed by atoms with Crippen molar-refractivity contribution < 1.29 is 22.4 Å². The first-order chi connectivity index (χ1) is 18.5. The van der Waals surface area contributed by atoms with Gasteiger partial charge in [-0.05, 0) is 56.0 Å². The van der Waals surface area contributed by atoms with Crippen LogP contribution in [0.5, 0.6) is 0 Å². The Morgan fingerprint density at radius 1 is 0.897 bits per heavy atom. The third kappa shape index (κ3) is 7.89. The van der Waals surface area contributed by atoms with Crippen molar-refractivity contribution in [2.75, 3.05) is 23.9 Å². The molecule has 0 heterocycles. The normalized spacial score (nSPS) is 12.2. The molecule has 3 rings (SSSR count). The summed E-state index contributed by atoms with van der Waals surface area (Å²) in [6, 6.07) is 20.2. The van der Waals surface area contributed by atoms with Crippen LogP contribution in [-0.2, 0) is 26.0 Å². The molecule has 1 N–H and O–H groups in total. The Labute approximate surface area is 230 Å². The average molecular weight is 554 g/mol. The minimum atomic E-state index is -4.31. The van der Waals surface area contributed by atoms with E-state index in [0.717, 1.165) is 21.5 Å². The number of para-hydroxylation sites is 1. The summed E-state index contributed by atoms with van der Waals surface area (Å²) in [6.45, 7) is 7.30. The second-order valence-electron chi connectivity index (χ2n) is 9.91. The van der Waals surface area contributed by atoms with Crippen molar-refractivity contribution >= 4 is 27.5 Å². The first kappa shape index (κ1) is 29.8. The first-order valence-electron chi connectivity index (χ1n) is 13.0. The molecule has 0 bridgehead atoms. The van der Waals surface area contributed by atoms with E-state index in [1.807, 2.05) is 51.1 Å². The van der Waals surface area contributed by atoms with Gasteiger partial charge in [0, 0.05) is 13.1 Å². The van der Waals surface area contributed by atoms with E-state index in [1.54, 1.807) is 19.1 Å². The maximum Gasteiger partial charge on any atom is 0.264 e. The molecule has 3 aromatic carbocycles. The molecule has 208 valence electrons. The zero-order chi connectivity index (χ0) is 28.6. The highest BCUT2D eigenvalue weighted by molar-refractivity contribution is 7.92. The van der Waals surface area contributed by atoms with Crippen LogP contribution in [0.3, 0.4) is 0 Å². The highest BCUT2D eigenvalue weighted by Crippen LogP contribution is 2.27. The van der Waals surface area contributed by atoms with E-state index in [2.05, 4.69) is 5.32 Å². The van der Waals surface area contributed by atoms with Crippen molar-refractivity contribution in [1.29, 1.82) is 0 Å². The van der Waals surface area contributed by atoms with Gasteiger partial charge < -0.3 is 10.2 Å². The number of benzene rings is 3. The van der Waals surface area contributed by atoms with Crippen LogP contribution >= 0.6 is 0 Å². The molecule has 0 aliphatic carbocycles. The monoisotopic (exact) mass is 553 g/mol. The first-order valence-corrected chi connectivity index (χ1v) is 14.4. The van der Waals surface area contributed by atoms with E-state index < -0.39 is 34.3 Å². The van der Waals surface area contributed by atoms with Crippen molar-refractivity contribution in [3.63, 3.8) is 0 Å². The van der Waals surface area contributed by atoms with Crippen molar-refractivity contribution in [2.24, 2.45) is 5.92 Å². The Bertz CT molecular complexity index is 1360. The molecule has 1 atom stereocenters. The molecule has 0 radical (unpaired) electrons. The number of rotatable bonds is 12. The van der Waals surface area contributed by atoms with Gasteiger partial charge in [-0.2, -0.15) is 0 Å². The number of halogens is 1. The van der Waals surface area contributed by atoms with Gasteiger partial charge in [0.15, 0.2) is 0 Å². The lowest BCUT2D eigenvalue weighted by Gasteiger charge is -2.32. The number of nitrogens with one attached hydrogen (secondary N) is 1. The predicted octanol–water partition coefficient (Wildman–Crippen LogP) is 4.56. The van der Waals surface area contributed by atoms with Gasteiger partial charge in [0.05, 0.1) is 10.6 Å². The zero-order valence-corrected chi connectivity index (χ0v) is 23.6. The van der Waals surface area contributed by atoms with Crippen LogP contribution in [0.2, 0.25) is 0 Å². The van der Waals surface area contributed by atoms with Gasteiger partial charge in [-0.1, -0.05) is 74.0 Å². The van der Waals surface area contributed by atoms with Gasteiger partial charge in [0.25, 0.3) is 10.0 Å². The van der Waals surface area contributed by atoms with Gasteiger partial charge >= 0.3 is 0 Å². The summed E-state index contributed by atoms with van der Waals surface area (Å²) in [5.74, 6) is -1.52. The molecule has 39 heavy (non-hydrogen) atoms. The number of nitrogens with zero attached hydrogens (tertiary/aromatic N) is 2. The smallest absolute Gasteiger partial charge is 0.264 e. The van der Waals surface area contributed by atoms with Crippen molar-refractivity contribution in [2.45, 2.75) is 45.1 Å². The fraction of sp³-hybridized carbons (Fsp3) is 0.333. The molecular formula is C30H36FN3O4S. The van der Waals surface area contributed by atoms with E-state index in [1.165, 1.54) is 35.2 Å². The predicted molar refractivity (Wildman–Crippen MR) is 151 cm³/mol. The Kier molecular flexibility index (Phi) is 10.2. The number of carbonyl (C=O) groups excluding carboxylic acids is 2. The second kappa shape index (κ2) is 13.4. The fourth-order valence-electron chi connectivity index (χ4n) is 4.03. The summed E-state index contributed by atoms with van der Waals surface area (Å²) in [4.78, 5) is 28.1. The van der Waals surface area contributed by atoms with Crippen molar-refractivity contribution in [3.05, 3.63) is 95.8 Å². The van der Waals surface area contributed by atoms with Gasteiger partial charge in [-0.3, -0.25) is 13.9 Å². The van der Waals surface area contributed by atoms with Gasteiger partial charge in [-0.25, -0.2) is 12.8 Å². The van der Waals surface area contributed by atoms with E-state index in [-0.39, 0.29) is 29.0 Å². The van der Waals surface area contributed by atoms with Crippen LogP contribution in [-0.4, -0.2) is 50.8 Å². The molecule has 0 fully saturated rings. The maximum atomic E-state index is 14.9. The molecule has 7 nitrogen and oxygen atoms in total. The number of carbonyl (C=O) groups is 2. The lowest BCUT2D eigenvalue weighted by molar-refractivity contribution is -0.138. The van der Waals surface area contributed by atoms with Gasteiger partial charge in [0.2, 0.25) is 11.8 Å². The Morgan fingerprint density at radius 2 is 1.51 bits per heavy atom. The van der Waals surface area contributed by atoms with Crippen molar-refractivity contribution in [3.8, 4) is 0 Å². The van der Waals surface area contributed by atoms with Crippen LogP contribution in [0.15, 0.2) is 83.8 Å². The quantitative estimate of drug-likeness (QED) is 0.356. The standard InChI is InChI=1S/C30H36FN3O4S/c1-22(2)20-32-30(36)24(4)33(19-18-25-10-6-5-7-11-25)29(35)21-34(28-13-9-8-12-27(28)31)39(37,38)26-16-14-23(3)15-17-26/h5-17,22,24H,18-21H2,1-4H3,(H,32,36)/t24-/m1/s1. The minimum absolute atomic E-state index is 0.0669. The lowest BCUT2D eigenvalue weighted by Crippen LogP contribution is -2.52. The van der Waals surface area contributed by atoms with E-state index in [0.29, 0.717) is 13.0 Å². The largest absolute Gasteiger partial charge is 0.354 e. The molecule has 0 saturated heterocycles. The highest BCUT2D eigenvalue weighted by atomic mass is 32.2. The molecule has 0 unspecified atom stereocenters. The van der Waals surface area contributed by atoms with E-state index in [9.17, 15) is 22.4 Å². The lowest BCUT2D eigenvalue weighted by atomic mass is 10.1. The molecule has 3 aromatic rings. The maximum absolute atomic E-state index is 14.9. The number of aryl methyl sites for hydroxylation is 1. The fourth-order valence-corrected chi connectivity index (χ4v) is 5.45. The molecule has 0 saturated carbocycles. The molecule has 0 aliphatic heterocycles. The Balaban J connectivity index is 1.97. The van der Waals surface area contributed by atoms with Crippen molar-refractivity contribution in [1.82, 2.24) is 10.2 Å². The number of hydrogen-bond donors (Lipinski definition) is 1. The summed E-state index contributed by atoms with van der Waals surface area (Å²) < 4.78 is 43.2. The Hall–Kier alpha value is -3.72. The SMILES string of the molecule is Cc1ccc(S(=O)(=O)N(CC(=O)N(CCc2ccccc2)[C@H](C)C(=O)NCC(C)C)c2ccccc2F)cc1. The van der Waals surface area contributed by atoms with Gasteiger partial charge in [0.1, 0.15) is 18.4 Å². The third-order valence-corrected chi connectivity index (χ3v) is 8.12. The van der Waals surface area contributed by atoms with E-state index in [4.69, 9.17) is 0 Å². The number of sulfonamides is 1. The summed E-state index contributed by atoms with van der Waals surface area (Å²) in [5, 5.41) is 2.85. The molecule has 0 aliphatic rings. The topological polar surface area (TPSA) is 86.8 Å². The van der Waals surface area contributed by atoms with Gasteiger partial charge in [-0.15, -0.1) is 0 Å². The minimum Gasteiger partial charge on any atom is -0.354 e. The van der Waals surface area contributed by atoms with Crippen LogP contribution < -0.4 is 9.62 Å². The number of hydrogen-bond acceptors (Lipinski definition) is 4. The molecular weight excluding hydrogens is 517 g/mol. The molecule has 0 spiro atoms. The van der Waals surface area contributed by atoms with Crippen LogP contribution in [0.4, 0.5) is 10.1 Å². The second-order valence-corrected chi connectivity index (χ2v) is 11.8.